The van der Waals surface area contributed by atoms with Crippen molar-refractivity contribution >= 4 is 35.8 Å². The van der Waals surface area contributed by atoms with Gasteiger partial charge in [0.25, 0.3) is 0 Å². The molecule has 2 aromatic rings. The van der Waals surface area contributed by atoms with Gasteiger partial charge >= 0.3 is 0 Å². The maximum Gasteiger partial charge on any atom is 0.191 e. The third-order valence-corrected chi connectivity index (χ3v) is 6.95. The number of nitrogens with zero attached hydrogens (tertiary/aromatic N) is 3. The van der Waals surface area contributed by atoms with Gasteiger partial charge in [-0.05, 0) is 62.3 Å². The second-order valence-electron chi connectivity index (χ2n) is 9.07. The van der Waals surface area contributed by atoms with Gasteiger partial charge in [0, 0.05) is 44.9 Å². The smallest absolute Gasteiger partial charge is 0.191 e. The molecule has 1 spiro atoms. The zero-order valence-corrected chi connectivity index (χ0v) is 21.2. The molecule has 7 heteroatoms. The third-order valence-electron chi connectivity index (χ3n) is 6.95. The molecular weight excluding hydrogens is 513 g/mol. The van der Waals surface area contributed by atoms with Gasteiger partial charge in [-0.3, -0.25) is 4.99 Å². The third kappa shape index (κ3) is 4.97. The van der Waals surface area contributed by atoms with Gasteiger partial charge in [0.1, 0.15) is 17.2 Å². The average Bonchev–Trinajstić information content (AvgIpc) is 3.49. The van der Waals surface area contributed by atoms with Crippen molar-refractivity contribution in [1.82, 2.24) is 15.6 Å². The van der Waals surface area contributed by atoms with Gasteiger partial charge in [-0.1, -0.05) is 18.2 Å². The maximum absolute atomic E-state index is 6.51. The quantitative estimate of drug-likeness (QED) is 0.327. The summed E-state index contributed by atoms with van der Waals surface area (Å²) in [6.45, 7) is 2.94. The highest BCUT2D eigenvalue weighted by Gasteiger charge is 2.43. The Morgan fingerprint density at radius 1 is 1.16 bits per heavy atom. The Hall–Kier alpha value is -2.03. The molecule has 6 nitrogen and oxygen atoms in total. The van der Waals surface area contributed by atoms with E-state index in [1.165, 1.54) is 36.8 Å². The maximum atomic E-state index is 6.51. The van der Waals surface area contributed by atoms with E-state index in [0.717, 1.165) is 56.4 Å². The number of halogens is 1. The lowest BCUT2D eigenvalue weighted by Gasteiger charge is -2.40. The standard InChI is InChI=1S/C25H33N5O.HI/c1-26-24(28-18-19-10-13-27-23(16-19)30-14-6-7-15-30)29-21-17-25(11-4-5-12-25)31-22-9-3-2-8-20(21)22;/h2-3,8-10,13,16,21H,4-7,11-12,14-15,17-18H2,1H3,(H2,26,28,29);1H. The number of benzene rings is 1. The number of hydrogen-bond donors (Lipinski definition) is 2. The van der Waals surface area contributed by atoms with E-state index in [1.54, 1.807) is 0 Å². The van der Waals surface area contributed by atoms with Gasteiger partial charge in [0.2, 0.25) is 0 Å². The van der Waals surface area contributed by atoms with Crippen LogP contribution in [0.25, 0.3) is 0 Å². The molecule has 0 bridgehead atoms. The van der Waals surface area contributed by atoms with Gasteiger partial charge in [-0.15, -0.1) is 24.0 Å². The van der Waals surface area contributed by atoms with Crippen LogP contribution in [0.3, 0.4) is 0 Å². The van der Waals surface area contributed by atoms with Crippen molar-refractivity contribution < 1.29 is 4.74 Å². The lowest BCUT2D eigenvalue weighted by molar-refractivity contribution is 0.0396. The molecule has 3 aliphatic rings. The SMILES string of the molecule is CN=C(NCc1ccnc(N2CCCC2)c1)NC1CC2(CCCC2)Oc2ccccc21.I. The number of para-hydroxylation sites is 1. The first-order valence-corrected chi connectivity index (χ1v) is 11.7. The monoisotopic (exact) mass is 547 g/mol. The van der Waals surface area contributed by atoms with Crippen LogP contribution >= 0.6 is 24.0 Å². The van der Waals surface area contributed by atoms with E-state index in [0.29, 0.717) is 0 Å². The predicted molar refractivity (Wildman–Crippen MR) is 140 cm³/mol. The molecule has 1 saturated heterocycles. The predicted octanol–water partition coefficient (Wildman–Crippen LogP) is 4.80. The van der Waals surface area contributed by atoms with Crippen molar-refractivity contribution in [3.05, 3.63) is 53.7 Å². The van der Waals surface area contributed by atoms with Crippen LogP contribution in [0, 0.1) is 0 Å². The largest absolute Gasteiger partial charge is 0.487 e. The normalized spacial score (nSPS) is 21.6. The number of rotatable bonds is 4. The minimum Gasteiger partial charge on any atom is -0.487 e. The molecule has 2 aliphatic heterocycles. The summed E-state index contributed by atoms with van der Waals surface area (Å²) < 4.78 is 6.51. The van der Waals surface area contributed by atoms with Gasteiger partial charge in [0.05, 0.1) is 6.04 Å². The number of aromatic nitrogens is 1. The zero-order chi connectivity index (χ0) is 21.1. The summed E-state index contributed by atoms with van der Waals surface area (Å²) in [6, 6.07) is 12.9. The Morgan fingerprint density at radius 2 is 1.94 bits per heavy atom. The first-order chi connectivity index (χ1) is 15.2. The van der Waals surface area contributed by atoms with E-state index in [4.69, 9.17) is 4.74 Å². The van der Waals surface area contributed by atoms with E-state index in [1.807, 2.05) is 13.2 Å². The second-order valence-corrected chi connectivity index (χ2v) is 9.07. The van der Waals surface area contributed by atoms with Gasteiger partial charge in [0.15, 0.2) is 5.96 Å². The molecule has 1 unspecified atom stereocenters. The van der Waals surface area contributed by atoms with Crippen molar-refractivity contribution in [3.8, 4) is 5.75 Å². The number of hydrogen-bond acceptors (Lipinski definition) is 4. The number of pyridine rings is 1. The van der Waals surface area contributed by atoms with Crippen LogP contribution in [0.15, 0.2) is 47.6 Å². The van der Waals surface area contributed by atoms with Crippen molar-refractivity contribution in [2.45, 2.75) is 63.1 Å². The molecule has 32 heavy (non-hydrogen) atoms. The van der Waals surface area contributed by atoms with E-state index in [9.17, 15) is 0 Å². The molecule has 2 fully saturated rings. The summed E-state index contributed by atoms with van der Waals surface area (Å²) in [5.74, 6) is 2.93. The van der Waals surface area contributed by atoms with Crippen LogP contribution in [0.4, 0.5) is 5.82 Å². The first-order valence-electron chi connectivity index (χ1n) is 11.7. The Bertz CT molecular complexity index is 937. The lowest BCUT2D eigenvalue weighted by Crippen LogP contribution is -2.46. The highest BCUT2D eigenvalue weighted by atomic mass is 127. The molecule has 1 aliphatic carbocycles. The molecule has 1 aromatic carbocycles. The fraction of sp³-hybridized carbons (Fsp3) is 0.520. The number of aliphatic imine (C=N–C) groups is 1. The Kier molecular flexibility index (Phi) is 7.43. The number of anilines is 1. The highest BCUT2D eigenvalue weighted by Crippen LogP contribution is 2.46. The number of ether oxygens (including phenoxy) is 1. The van der Waals surface area contributed by atoms with Crippen LogP contribution in [-0.2, 0) is 6.54 Å². The molecular formula is C25H34IN5O. The summed E-state index contributed by atoms with van der Waals surface area (Å²) in [7, 11) is 1.84. The molecule has 1 aromatic heterocycles. The summed E-state index contributed by atoms with van der Waals surface area (Å²) in [5, 5.41) is 7.20. The lowest BCUT2D eigenvalue weighted by atomic mass is 9.86. The van der Waals surface area contributed by atoms with Crippen molar-refractivity contribution in [3.63, 3.8) is 0 Å². The summed E-state index contributed by atoms with van der Waals surface area (Å²) in [5.41, 5.74) is 2.42. The number of nitrogens with one attached hydrogen (secondary N) is 2. The summed E-state index contributed by atoms with van der Waals surface area (Å²) in [4.78, 5) is 11.5. The van der Waals surface area contributed by atoms with E-state index in [2.05, 4.69) is 61.9 Å². The van der Waals surface area contributed by atoms with Crippen LogP contribution in [0.5, 0.6) is 5.75 Å². The van der Waals surface area contributed by atoms with Gasteiger partial charge in [-0.2, -0.15) is 0 Å². The second kappa shape index (κ2) is 10.3. The number of fused-ring (bicyclic) bond motifs is 1. The molecule has 0 radical (unpaired) electrons. The summed E-state index contributed by atoms with van der Waals surface area (Å²) >= 11 is 0. The highest BCUT2D eigenvalue weighted by molar-refractivity contribution is 14.0. The van der Waals surface area contributed by atoms with Crippen molar-refractivity contribution in [2.75, 3.05) is 25.0 Å². The van der Waals surface area contributed by atoms with Crippen LogP contribution in [0.2, 0.25) is 0 Å². The molecule has 0 amide bonds. The fourth-order valence-corrected chi connectivity index (χ4v) is 5.31. The zero-order valence-electron chi connectivity index (χ0n) is 18.8. The number of guanidine groups is 1. The van der Waals surface area contributed by atoms with E-state index < -0.39 is 0 Å². The van der Waals surface area contributed by atoms with Crippen molar-refractivity contribution in [2.24, 2.45) is 4.99 Å². The van der Waals surface area contributed by atoms with E-state index in [-0.39, 0.29) is 35.6 Å². The molecule has 2 N–H and O–H groups in total. The average molecular weight is 547 g/mol. The minimum atomic E-state index is -0.0272. The molecule has 5 rings (SSSR count). The fourth-order valence-electron chi connectivity index (χ4n) is 5.31. The first kappa shape index (κ1) is 23.1. The molecule has 3 heterocycles. The Labute approximate surface area is 208 Å². The molecule has 1 saturated carbocycles. The van der Waals surface area contributed by atoms with Gasteiger partial charge in [-0.25, -0.2) is 4.98 Å². The van der Waals surface area contributed by atoms with Crippen molar-refractivity contribution in [1.29, 1.82) is 0 Å². The minimum absolute atomic E-state index is 0. The van der Waals surface area contributed by atoms with E-state index >= 15 is 0 Å². The van der Waals surface area contributed by atoms with Crippen LogP contribution in [0.1, 0.15) is 62.1 Å². The molecule has 1 atom stereocenters. The topological polar surface area (TPSA) is 61.8 Å². The van der Waals surface area contributed by atoms with Crippen LogP contribution in [-0.4, -0.2) is 36.7 Å². The van der Waals surface area contributed by atoms with Crippen LogP contribution < -0.4 is 20.3 Å². The van der Waals surface area contributed by atoms with Gasteiger partial charge < -0.3 is 20.3 Å². The molecule has 172 valence electrons. The Balaban J connectivity index is 0.00000245. The summed E-state index contributed by atoms with van der Waals surface area (Å²) in [6.07, 6.45) is 10.2. The Morgan fingerprint density at radius 3 is 2.72 bits per heavy atom.